The van der Waals surface area contributed by atoms with Gasteiger partial charge in [0, 0.05) is 10.7 Å². The van der Waals surface area contributed by atoms with E-state index >= 15 is 0 Å². The number of guanidine groups is 1. The number of rotatable bonds is 3. The molecule has 2 aromatic carbocycles. The largest absolute Gasteiger partial charge is 0.370 e. The van der Waals surface area contributed by atoms with Crippen molar-refractivity contribution in [1.82, 2.24) is 0 Å². The molecule has 0 amide bonds. The normalized spacial score (nSPS) is 10.8. The van der Waals surface area contributed by atoms with Gasteiger partial charge in [-0.15, -0.1) is 24.0 Å². The van der Waals surface area contributed by atoms with E-state index in [1.54, 1.807) is 0 Å². The van der Waals surface area contributed by atoms with Crippen molar-refractivity contribution in [2.24, 2.45) is 10.7 Å². The number of aryl methyl sites for hydroxylation is 1. The van der Waals surface area contributed by atoms with Crippen LogP contribution in [-0.2, 0) is 6.54 Å². The van der Waals surface area contributed by atoms with E-state index in [1.807, 2.05) is 55.5 Å². The SMILES string of the molecule is Cc1ccc(NC(N)=NCc2ccccc2Cl)cc1.I. The van der Waals surface area contributed by atoms with Gasteiger partial charge in [0.2, 0.25) is 0 Å². The second-order valence-electron chi connectivity index (χ2n) is 4.28. The van der Waals surface area contributed by atoms with E-state index in [0.29, 0.717) is 17.5 Å². The lowest BCUT2D eigenvalue weighted by atomic mass is 10.2. The Hall–Kier alpha value is -1.27. The Bertz CT molecular complexity index is 582. The van der Waals surface area contributed by atoms with Crippen LogP contribution in [0.3, 0.4) is 0 Å². The van der Waals surface area contributed by atoms with Crippen molar-refractivity contribution in [2.75, 3.05) is 5.32 Å². The molecule has 0 spiro atoms. The van der Waals surface area contributed by atoms with Crippen LogP contribution in [0.4, 0.5) is 5.69 Å². The summed E-state index contributed by atoms with van der Waals surface area (Å²) in [6, 6.07) is 15.6. The molecule has 0 fully saturated rings. The molecule has 0 aliphatic rings. The van der Waals surface area contributed by atoms with Gasteiger partial charge in [0.05, 0.1) is 6.54 Å². The maximum absolute atomic E-state index is 6.05. The molecule has 0 radical (unpaired) electrons. The van der Waals surface area contributed by atoms with Crippen LogP contribution in [0.15, 0.2) is 53.5 Å². The Morgan fingerprint density at radius 1 is 1.15 bits per heavy atom. The predicted octanol–water partition coefficient (Wildman–Crippen LogP) is 4.19. The van der Waals surface area contributed by atoms with Gasteiger partial charge in [-0.05, 0) is 30.7 Å². The molecular weight excluding hydrogens is 385 g/mol. The summed E-state index contributed by atoms with van der Waals surface area (Å²) in [5, 5.41) is 3.75. The molecule has 0 aliphatic carbocycles. The Morgan fingerprint density at radius 2 is 1.80 bits per heavy atom. The number of benzene rings is 2. The van der Waals surface area contributed by atoms with Crippen LogP contribution in [0.1, 0.15) is 11.1 Å². The topological polar surface area (TPSA) is 50.4 Å². The lowest BCUT2D eigenvalue weighted by Gasteiger charge is -2.06. The molecular formula is C15H17ClIN3. The number of nitrogens with two attached hydrogens (primary N) is 1. The fraction of sp³-hybridized carbons (Fsp3) is 0.133. The molecule has 0 aromatic heterocycles. The van der Waals surface area contributed by atoms with Crippen LogP contribution >= 0.6 is 35.6 Å². The molecule has 0 unspecified atom stereocenters. The summed E-state index contributed by atoms with van der Waals surface area (Å²) in [5.74, 6) is 0.378. The second kappa shape index (κ2) is 8.11. The minimum atomic E-state index is 0. The maximum atomic E-state index is 6.05. The fourth-order valence-corrected chi connectivity index (χ4v) is 1.82. The van der Waals surface area contributed by atoms with Crippen LogP contribution in [0.2, 0.25) is 5.02 Å². The van der Waals surface area contributed by atoms with Crippen molar-refractivity contribution in [2.45, 2.75) is 13.5 Å². The zero-order chi connectivity index (χ0) is 13.7. The molecule has 2 rings (SSSR count). The van der Waals surface area contributed by atoms with Gasteiger partial charge in [-0.2, -0.15) is 0 Å². The molecule has 0 saturated heterocycles. The quantitative estimate of drug-likeness (QED) is 0.460. The third kappa shape index (κ3) is 5.02. The second-order valence-corrected chi connectivity index (χ2v) is 4.69. The number of hydrogen-bond donors (Lipinski definition) is 2. The molecule has 0 heterocycles. The van der Waals surface area contributed by atoms with E-state index in [-0.39, 0.29) is 24.0 Å². The maximum Gasteiger partial charge on any atom is 0.193 e. The molecule has 0 saturated carbocycles. The smallest absolute Gasteiger partial charge is 0.193 e. The highest BCUT2D eigenvalue weighted by Crippen LogP contribution is 2.15. The third-order valence-corrected chi connectivity index (χ3v) is 3.07. The van der Waals surface area contributed by atoms with Crippen LogP contribution in [0.5, 0.6) is 0 Å². The lowest BCUT2D eigenvalue weighted by Crippen LogP contribution is -2.22. The van der Waals surface area contributed by atoms with Crippen LogP contribution in [0.25, 0.3) is 0 Å². The van der Waals surface area contributed by atoms with E-state index in [0.717, 1.165) is 11.3 Å². The Morgan fingerprint density at radius 3 is 2.45 bits per heavy atom. The van der Waals surface area contributed by atoms with Gasteiger partial charge in [-0.1, -0.05) is 47.5 Å². The van der Waals surface area contributed by atoms with Gasteiger partial charge < -0.3 is 11.1 Å². The van der Waals surface area contributed by atoms with Gasteiger partial charge in [0.25, 0.3) is 0 Å². The minimum absolute atomic E-state index is 0. The molecule has 3 nitrogen and oxygen atoms in total. The summed E-state index contributed by atoms with van der Waals surface area (Å²) in [7, 11) is 0. The highest BCUT2D eigenvalue weighted by atomic mass is 127. The van der Waals surface area contributed by atoms with Crippen molar-refractivity contribution in [3.8, 4) is 0 Å². The first kappa shape index (κ1) is 16.8. The standard InChI is InChI=1S/C15H16ClN3.HI/c1-11-6-8-13(9-7-11)19-15(17)18-10-12-4-2-3-5-14(12)16;/h2-9H,10H2,1H3,(H3,17,18,19);1H. The Balaban J connectivity index is 0.00000200. The number of anilines is 1. The summed E-state index contributed by atoms with van der Waals surface area (Å²) < 4.78 is 0. The molecule has 0 atom stereocenters. The third-order valence-electron chi connectivity index (χ3n) is 2.70. The predicted molar refractivity (Wildman–Crippen MR) is 97.0 cm³/mol. The van der Waals surface area contributed by atoms with Crippen molar-refractivity contribution < 1.29 is 0 Å². The van der Waals surface area contributed by atoms with E-state index in [1.165, 1.54) is 5.56 Å². The monoisotopic (exact) mass is 401 g/mol. The van der Waals surface area contributed by atoms with Crippen LogP contribution in [-0.4, -0.2) is 5.96 Å². The van der Waals surface area contributed by atoms with Gasteiger partial charge in [-0.25, -0.2) is 4.99 Å². The first-order chi connectivity index (χ1) is 9.15. The summed E-state index contributed by atoms with van der Waals surface area (Å²) in [4.78, 5) is 4.27. The van der Waals surface area contributed by atoms with Crippen LogP contribution in [0, 0.1) is 6.92 Å². The van der Waals surface area contributed by atoms with Crippen molar-refractivity contribution in [1.29, 1.82) is 0 Å². The van der Waals surface area contributed by atoms with E-state index in [4.69, 9.17) is 17.3 Å². The number of halogens is 2. The average molecular weight is 402 g/mol. The van der Waals surface area contributed by atoms with Crippen molar-refractivity contribution in [3.05, 3.63) is 64.7 Å². The highest BCUT2D eigenvalue weighted by molar-refractivity contribution is 14.0. The van der Waals surface area contributed by atoms with E-state index < -0.39 is 0 Å². The van der Waals surface area contributed by atoms with Gasteiger partial charge in [0.1, 0.15) is 0 Å². The van der Waals surface area contributed by atoms with Crippen molar-refractivity contribution >= 4 is 47.2 Å². The molecule has 20 heavy (non-hydrogen) atoms. The Kier molecular flexibility index (Phi) is 6.81. The molecule has 0 bridgehead atoms. The van der Waals surface area contributed by atoms with Crippen LogP contribution < -0.4 is 11.1 Å². The zero-order valence-corrected chi connectivity index (χ0v) is 14.2. The molecule has 5 heteroatoms. The Labute approximate surface area is 141 Å². The zero-order valence-electron chi connectivity index (χ0n) is 11.1. The van der Waals surface area contributed by atoms with Crippen molar-refractivity contribution in [3.63, 3.8) is 0 Å². The minimum Gasteiger partial charge on any atom is -0.370 e. The summed E-state index contributed by atoms with van der Waals surface area (Å²) in [6.45, 7) is 2.50. The summed E-state index contributed by atoms with van der Waals surface area (Å²) >= 11 is 6.05. The number of nitrogens with one attached hydrogen (secondary N) is 1. The molecule has 3 N–H and O–H groups in total. The molecule has 2 aromatic rings. The number of hydrogen-bond acceptors (Lipinski definition) is 1. The molecule has 0 aliphatic heterocycles. The highest BCUT2D eigenvalue weighted by Gasteiger charge is 1.98. The summed E-state index contributed by atoms with van der Waals surface area (Å²) in [5.41, 5.74) is 8.92. The van der Waals surface area contributed by atoms with Gasteiger partial charge in [-0.3, -0.25) is 0 Å². The number of aliphatic imine (C=N–C) groups is 1. The van der Waals surface area contributed by atoms with Gasteiger partial charge >= 0.3 is 0 Å². The average Bonchev–Trinajstić information content (AvgIpc) is 2.40. The molecule has 106 valence electrons. The van der Waals surface area contributed by atoms with E-state index in [9.17, 15) is 0 Å². The lowest BCUT2D eigenvalue weighted by molar-refractivity contribution is 1.06. The number of nitrogens with zero attached hydrogens (tertiary/aromatic N) is 1. The fourth-order valence-electron chi connectivity index (χ4n) is 1.62. The van der Waals surface area contributed by atoms with E-state index in [2.05, 4.69) is 10.3 Å². The first-order valence-corrected chi connectivity index (χ1v) is 6.40. The first-order valence-electron chi connectivity index (χ1n) is 6.02. The summed E-state index contributed by atoms with van der Waals surface area (Å²) in [6.07, 6.45) is 0. The van der Waals surface area contributed by atoms with Gasteiger partial charge in [0.15, 0.2) is 5.96 Å².